The Morgan fingerprint density at radius 3 is 2.55 bits per heavy atom. The van der Waals surface area contributed by atoms with Crippen LogP contribution in [-0.4, -0.2) is 11.4 Å². The summed E-state index contributed by atoms with van der Waals surface area (Å²) in [6.07, 6.45) is 4.33. The van der Waals surface area contributed by atoms with Crippen LogP contribution in [0.1, 0.15) is 32.6 Å². The van der Waals surface area contributed by atoms with Gasteiger partial charge in [0.2, 0.25) is 0 Å². The molecule has 68 valence electrons. The first-order chi connectivity index (χ1) is 5.06. The first kappa shape index (κ1) is 11.1. The molecule has 0 spiro atoms. The molecule has 0 aliphatic carbocycles. The van der Waals surface area contributed by atoms with Crippen molar-refractivity contribution in [2.75, 3.05) is 6.54 Å². The Morgan fingerprint density at radius 2 is 2.09 bits per heavy atom. The second-order valence-electron chi connectivity index (χ2n) is 2.59. The highest BCUT2D eigenvalue weighted by molar-refractivity contribution is 7.53. The van der Waals surface area contributed by atoms with Crippen molar-refractivity contribution in [3.05, 3.63) is 0 Å². The maximum atomic E-state index is 10.5. The van der Waals surface area contributed by atoms with Gasteiger partial charge in [-0.25, -0.2) is 10.6 Å². The van der Waals surface area contributed by atoms with Crippen molar-refractivity contribution in [1.29, 1.82) is 0 Å². The molecule has 1 atom stereocenters. The van der Waals surface area contributed by atoms with Gasteiger partial charge in [-0.2, -0.15) is 0 Å². The van der Waals surface area contributed by atoms with Crippen molar-refractivity contribution in [2.24, 2.45) is 5.50 Å². The summed E-state index contributed by atoms with van der Waals surface area (Å²) in [6.45, 7) is 2.65. The average molecular weight is 180 g/mol. The summed E-state index contributed by atoms with van der Waals surface area (Å²) in [5.74, 6) is 0. The van der Waals surface area contributed by atoms with Gasteiger partial charge in [0.25, 0.3) is 0 Å². The van der Waals surface area contributed by atoms with Gasteiger partial charge in [-0.15, -0.1) is 0 Å². The zero-order chi connectivity index (χ0) is 8.74. The van der Waals surface area contributed by atoms with Gasteiger partial charge >= 0.3 is 7.67 Å². The molecule has 4 nitrogen and oxygen atoms in total. The third-order valence-corrected chi connectivity index (χ3v) is 2.05. The van der Waals surface area contributed by atoms with E-state index in [1.165, 1.54) is 12.8 Å². The third kappa shape index (κ3) is 10.1. The molecule has 5 heteroatoms. The first-order valence-electron chi connectivity index (χ1n) is 3.93. The molecule has 0 aromatic carbocycles. The molecule has 1 unspecified atom stereocenters. The molecular weight excluding hydrogens is 163 g/mol. The van der Waals surface area contributed by atoms with Crippen LogP contribution in [0.4, 0.5) is 0 Å². The monoisotopic (exact) mass is 180 g/mol. The molecule has 0 saturated heterocycles. The van der Waals surface area contributed by atoms with Crippen LogP contribution in [0, 0.1) is 0 Å². The van der Waals surface area contributed by atoms with E-state index >= 15 is 0 Å². The summed E-state index contributed by atoms with van der Waals surface area (Å²) in [7, 11) is -3.46. The lowest BCUT2D eigenvalue weighted by molar-refractivity contribution is 0.462. The number of nitrogens with two attached hydrogens (primary N) is 1. The Balaban J connectivity index is 3.09. The largest absolute Gasteiger partial charge is 0.335 e. The molecule has 4 N–H and O–H groups in total. The van der Waals surface area contributed by atoms with Crippen molar-refractivity contribution in [2.45, 2.75) is 32.6 Å². The molecule has 0 heterocycles. The molecule has 0 aliphatic heterocycles. The minimum atomic E-state index is -3.46. The van der Waals surface area contributed by atoms with Crippen LogP contribution in [0.5, 0.6) is 0 Å². The van der Waals surface area contributed by atoms with Crippen molar-refractivity contribution in [3.8, 4) is 0 Å². The summed E-state index contributed by atoms with van der Waals surface area (Å²) in [6, 6.07) is 0. The zero-order valence-electron chi connectivity index (χ0n) is 6.92. The molecule has 0 aliphatic rings. The van der Waals surface area contributed by atoms with Gasteiger partial charge in [0.1, 0.15) is 0 Å². The van der Waals surface area contributed by atoms with E-state index in [0.717, 1.165) is 12.8 Å². The van der Waals surface area contributed by atoms with Crippen molar-refractivity contribution >= 4 is 7.67 Å². The lowest BCUT2D eigenvalue weighted by Gasteiger charge is -2.05. The number of unbranched alkanes of at least 4 members (excludes halogenated alkanes) is 3. The van der Waals surface area contributed by atoms with E-state index in [0.29, 0.717) is 6.54 Å². The SMILES string of the molecule is CCCCCCNP(N)(=O)O. The van der Waals surface area contributed by atoms with Crippen LogP contribution < -0.4 is 10.6 Å². The van der Waals surface area contributed by atoms with Crippen LogP contribution in [0.2, 0.25) is 0 Å². The summed E-state index contributed by atoms with van der Waals surface area (Å²) in [5.41, 5.74) is 4.85. The van der Waals surface area contributed by atoms with Gasteiger partial charge in [0.15, 0.2) is 0 Å². The Labute approximate surface area is 67.7 Å². The van der Waals surface area contributed by atoms with E-state index in [1.807, 2.05) is 0 Å². The van der Waals surface area contributed by atoms with Gasteiger partial charge < -0.3 is 4.89 Å². The maximum absolute atomic E-state index is 10.5. The smallest absolute Gasteiger partial charge is 0.322 e. The van der Waals surface area contributed by atoms with Gasteiger partial charge in [0, 0.05) is 6.54 Å². The molecule has 0 aromatic heterocycles. The van der Waals surface area contributed by atoms with Gasteiger partial charge in [-0.1, -0.05) is 26.2 Å². The second kappa shape index (κ2) is 5.72. The first-order valence-corrected chi connectivity index (χ1v) is 5.65. The molecule has 0 aromatic rings. The predicted molar refractivity (Wildman–Crippen MR) is 46.2 cm³/mol. The fourth-order valence-electron chi connectivity index (χ4n) is 0.791. The predicted octanol–water partition coefficient (Wildman–Crippen LogP) is 1.22. The Hall–Kier alpha value is 0.110. The highest BCUT2D eigenvalue weighted by Crippen LogP contribution is 2.22. The highest BCUT2D eigenvalue weighted by atomic mass is 31.2. The second-order valence-corrected chi connectivity index (χ2v) is 4.15. The molecule has 11 heavy (non-hydrogen) atoms. The fourth-order valence-corrected chi connectivity index (χ4v) is 1.27. The minimum absolute atomic E-state index is 0.532. The zero-order valence-corrected chi connectivity index (χ0v) is 7.81. The fraction of sp³-hybridized carbons (Fsp3) is 1.00. The van der Waals surface area contributed by atoms with Crippen molar-refractivity contribution in [1.82, 2.24) is 5.09 Å². The molecule has 0 fully saturated rings. The maximum Gasteiger partial charge on any atom is 0.335 e. The molecule has 0 radical (unpaired) electrons. The van der Waals surface area contributed by atoms with Crippen LogP contribution in [-0.2, 0) is 4.57 Å². The van der Waals surface area contributed by atoms with Crippen LogP contribution in [0.3, 0.4) is 0 Å². The van der Waals surface area contributed by atoms with Crippen LogP contribution in [0.15, 0.2) is 0 Å². The van der Waals surface area contributed by atoms with E-state index in [1.54, 1.807) is 0 Å². The van der Waals surface area contributed by atoms with Crippen LogP contribution >= 0.6 is 7.67 Å². The number of nitrogens with one attached hydrogen (secondary N) is 1. The topological polar surface area (TPSA) is 75.3 Å². The molecule has 0 amide bonds. The molecule has 0 bridgehead atoms. The number of hydrogen-bond donors (Lipinski definition) is 3. The Kier molecular flexibility index (Phi) is 5.78. The van der Waals surface area contributed by atoms with E-state index in [2.05, 4.69) is 12.0 Å². The summed E-state index contributed by atoms with van der Waals surface area (Å²) < 4.78 is 10.5. The Bertz CT molecular complexity index is 135. The van der Waals surface area contributed by atoms with Gasteiger partial charge in [-0.05, 0) is 6.42 Å². The Morgan fingerprint density at radius 1 is 1.45 bits per heavy atom. The highest BCUT2D eigenvalue weighted by Gasteiger charge is 2.06. The standard InChI is InChI=1S/C6H17N2O2P/c1-2-3-4-5-6-8-11(7,9)10/h2-6H2,1H3,(H4,7,8,9,10). The molecular formula is C6H17N2O2P. The summed E-state index contributed by atoms with van der Waals surface area (Å²) >= 11 is 0. The lowest BCUT2D eigenvalue weighted by Crippen LogP contribution is -2.16. The normalized spacial score (nSPS) is 16.3. The third-order valence-electron chi connectivity index (χ3n) is 1.37. The van der Waals surface area contributed by atoms with E-state index < -0.39 is 7.67 Å². The van der Waals surface area contributed by atoms with E-state index in [-0.39, 0.29) is 0 Å². The van der Waals surface area contributed by atoms with Crippen molar-refractivity contribution < 1.29 is 9.46 Å². The lowest BCUT2D eigenvalue weighted by atomic mass is 10.2. The minimum Gasteiger partial charge on any atom is -0.322 e. The van der Waals surface area contributed by atoms with Crippen molar-refractivity contribution in [3.63, 3.8) is 0 Å². The quantitative estimate of drug-likeness (QED) is 0.424. The summed E-state index contributed by atoms with van der Waals surface area (Å²) in [4.78, 5) is 8.60. The molecule has 0 saturated carbocycles. The molecule has 0 rings (SSSR count). The number of rotatable bonds is 6. The van der Waals surface area contributed by atoms with Crippen LogP contribution in [0.25, 0.3) is 0 Å². The number of hydrogen-bond acceptors (Lipinski definition) is 1. The van der Waals surface area contributed by atoms with E-state index in [9.17, 15) is 4.57 Å². The average Bonchev–Trinajstić information content (AvgIpc) is 1.85. The van der Waals surface area contributed by atoms with E-state index in [4.69, 9.17) is 10.4 Å². The van der Waals surface area contributed by atoms with Gasteiger partial charge in [-0.3, -0.25) is 4.57 Å². The summed E-state index contributed by atoms with van der Waals surface area (Å²) in [5, 5.41) is 2.37. The van der Waals surface area contributed by atoms with Gasteiger partial charge in [0.05, 0.1) is 0 Å².